The molecule has 1 amide bonds. The van der Waals surface area contributed by atoms with Gasteiger partial charge in [-0.25, -0.2) is 12.8 Å². The minimum Gasteiger partial charge on any atom is -0.348 e. The second-order valence-corrected chi connectivity index (χ2v) is 9.62. The van der Waals surface area contributed by atoms with Gasteiger partial charge in [0.05, 0.1) is 23.0 Å². The van der Waals surface area contributed by atoms with Gasteiger partial charge in [-0.1, -0.05) is 35.3 Å². The van der Waals surface area contributed by atoms with Crippen LogP contribution in [0, 0.1) is 5.82 Å². The minimum absolute atomic E-state index is 0.000447. The van der Waals surface area contributed by atoms with Crippen LogP contribution in [0.2, 0.25) is 10.0 Å². The number of benzene rings is 3. The van der Waals surface area contributed by atoms with E-state index in [-0.39, 0.29) is 38.3 Å². The number of rotatable bonds is 6. The van der Waals surface area contributed by atoms with Crippen LogP contribution >= 0.6 is 34.9 Å². The summed E-state index contributed by atoms with van der Waals surface area (Å²) in [6, 6.07) is 12.6. The molecule has 2 N–H and O–H groups in total. The lowest BCUT2D eigenvalue weighted by Gasteiger charge is -2.14. The number of fused-ring (bicyclic) bond motifs is 1. The maximum Gasteiger partial charge on any atom is 0.264 e. The molecule has 1 aromatic heterocycles. The van der Waals surface area contributed by atoms with E-state index >= 15 is 0 Å². The first-order chi connectivity index (χ1) is 15.2. The van der Waals surface area contributed by atoms with E-state index in [2.05, 4.69) is 18.8 Å². The summed E-state index contributed by atoms with van der Waals surface area (Å²) in [5, 5.41) is 3.03. The number of hydrogen-bond donors (Lipinski definition) is 2. The van der Waals surface area contributed by atoms with Crippen molar-refractivity contribution in [3.63, 3.8) is 0 Å². The van der Waals surface area contributed by atoms with Crippen molar-refractivity contribution >= 4 is 67.6 Å². The molecule has 0 saturated carbocycles. The number of amides is 1. The Hall–Kier alpha value is -2.79. The molecule has 164 valence electrons. The Labute approximate surface area is 196 Å². The number of carbonyl (C=O) groups excluding carboxylic acids is 1. The Bertz CT molecular complexity index is 1440. The number of hydrogen-bond acceptors (Lipinski definition) is 6. The Morgan fingerprint density at radius 2 is 1.88 bits per heavy atom. The second kappa shape index (κ2) is 8.99. The summed E-state index contributed by atoms with van der Waals surface area (Å²) in [6.45, 7) is 0.000447. The maximum absolute atomic E-state index is 13.2. The van der Waals surface area contributed by atoms with Gasteiger partial charge in [0.1, 0.15) is 21.7 Å². The van der Waals surface area contributed by atoms with Crippen LogP contribution in [-0.4, -0.2) is 23.1 Å². The van der Waals surface area contributed by atoms with Crippen molar-refractivity contribution in [3.8, 4) is 0 Å². The van der Waals surface area contributed by atoms with Crippen molar-refractivity contribution in [2.45, 2.75) is 11.4 Å². The van der Waals surface area contributed by atoms with Crippen LogP contribution in [0.1, 0.15) is 15.9 Å². The molecule has 4 rings (SSSR count). The quantitative estimate of drug-likeness (QED) is 0.385. The molecule has 12 heteroatoms. The number of halogens is 3. The third-order valence-corrected chi connectivity index (χ3v) is 6.99. The van der Waals surface area contributed by atoms with Gasteiger partial charge in [-0.15, -0.1) is 0 Å². The second-order valence-electron chi connectivity index (χ2n) is 6.60. The number of sulfonamides is 1. The number of nitrogens with zero attached hydrogens (tertiary/aromatic N) is 2. The van der Waals surface area contributed by atoms with Crippen LogP contribution in [-0.2, 0) is 16.6 Å². The van der Waals surface area contributed by atoms with Gasteiger partial charge < -0.3 is 5.32 Å². The fourth-order valence-corrected chi connectivity index (χ4v) is 5.18. The molecule has 0 spiro atoms. The third kappa shape index (κ3) is 4.68. The number of nitrogens with one attached hydrogen (secondary N) is 2. The molecule has 0 saturated heterocycles. The maximum atomic E-state index is 13.2. The molecule has 7 nitrogen and oxygen atoms in total. The van der Waals surface area contributed by atoms with Crippen LogP contribution in [0.25, 0.3) is 11.0 Å². The lowest BCUT2D eigenvalue weighted by molar-refractivity contribution is 0.0952. The summed E-state index contributed by atoms with van der Waals surface area (Å²) >= 11 is 12.9. The molecule has 3 aromatic carbocycles. The van der Waals surface area contributed by atoms with E-state index in [1.165, 1.54) is 36.4 Å². The smallest absolute Gasteiger partial charge is 0.264 e. The average molecular weight is 511 g/mol. The fourth-order valence-electron chi connectivity index (χ4n) is 2.93. The lowest BCUT2D eigenvalue weighted by atomic mass is 10.1. The summed E-state index contributed by atoms with van der Waals surface area (Å²) in [6.07, 6.45) is 0. The topological polar surface area (TPSA) is 101 Å². The van der Waals surface area contributed by atoms with Gasteiger partial charge in [0.2, 0.25) is 0 Å². The molecule has 0 aliphatic rings. The molecular formula is C20H13Cl2FN4O3S2. The van der Waals surface area contributed by atoms with Gasteiger partial charge in [-0.05, 0) is 48.0 Å². The fraction of sp³-hybridized carbons (Fsp3) is 0.0500. The monoisotopic (exact) mass is 510 g/mol. The van der Waals surface area contributed by atoms with Gasteiger partial charge in [-0.2, -0.15) is 8.75 Å². The molecule has 0 aliphatic heterocycles. The van der Waals surface area contributed by atoms with Crippen LogP contribution in [0.4, 0.5) is 10.1 Å². The Kier molecular flexibility index (Phi) is 6.29. The van der Waals surface area contributed by atoms with E-state index < -0.39 is 21.7 Å². The van der Waals surface area contributed by atoms with E-state index in [1.807, 2.05) is 0 Å². The summed E-state index contributed by atoms with van der Waals surface area (Å²) in [5.74, 6) is -1.10. The number of aromatic nitrogens is 2. The normalized spacial score (nSPS) is 11.5. The van der Waals surface area contributed by atoms with Crippen molar-refractivity contribution < 1.29 is 17.6 Å². The standard InChI is InChI=1S/C20H13Cl2FN4O3S2/c21-12-5-7-16(27-32(29,30)18-3-1-2-17-19(18)26-31-25-17)14(8-12)20(28)24-10-11-4-6-13(23)9-15(11)22/h1-9,27H,10H2,(H,24,28). The molecule has 0 atom stereocenters. The van der Waals surface area contributed by atoms with E-state index in [0.29, 0.717) is 11.1 Å². The molecule has 0 unspecified atom stereocenters. The lowest BCUT2D eigenvalue weighted by Crippen LogP contribution is -2.25. The highest BCUT2D eigenvalue weighted by atomic mass is 35.5. The van der Waals surface area contributed by atoms with E-state index in [4.69, 9.17) is 23.2 Å². The van der Waals surface area contributed by atoms with Crippen molar-refractivity contribution in [2.24, 2.45) is 0 Å². The number of anilines is 1. The minimum atomic E-state index is -4.09. The Morgan fingerprint density at radius 3 is 2.66 bits per heavy atom. The van der Waals surface area contributed by atoms with Gasteiger partial charge in [0.15, 0.2) is 0 Å². The molecule has 0 bridgehead atoms. The van der Waals surface area contributed by atoms with Crippen molar-refractivity contribution in [3.05, 3.63) is 81.6 Å². The predicted octanol–water partition coefficient (Wildman–Crippen LogP) is 4.87. The zero-order chi connectivity index (χ0) is 22.9. The van der Waals surface area contributed by atoms with Gasteiger partial charge >= 0.3 is 0 Å². The Balaban J connectivity index is 1.62. The highest BCUT2D eigenvalue weighted by molar-refractivity contribution is 7.93. The highest BCUT2D eigenvalue weighted by Crippen LogP contribution is 2.27. The zero-order valence-corrected chi connectivity index (χ0v) is 19.1. The van der Waals surface area contributed by atoms with Crippen LogP contribution in [0.5, 0.6) is 0 Å². The Morgan fingerprint density at radius 1 is 1.06 bits per heavy atom. The first kappa shape index (κ1) is 22.4. The van der Waals surface area contributed by atoms with Crippen LogP contribution < -0.4 is 10.0 Å². The molecule has 32 heavy (non-hydrogen) atoms. The summed E-state index contributed by atoms with van der Waals surface area (Å²) in [5.41, 5.74) is 1.20. The summed E-state index contributed by atoms with van der Waals surface area (Å²) in [4.78, 5) is 12.8. The molecule has 0 fully saturated rings. The highest BCUT2D eigenvalue weighted by Gasteiger charge is 2.23. The van der Waals surface area contributed by atoms with Gasteiger partial charge in [0, 0.05) is 16.6 Å². The first-order valence-electron chi connectivity index (χ1n) is 9.00. The average Bonchev–Trinajstić information content (AvgIpc) is 3.23. The van der Waals surface area contributed by atoms with Gasteiger partial charge in [-0.3, -0.25) is 9.52 Å². The molecule has 0 aliphatic carbocycles. The largest absolute Gasteiger partial charge is 0.348 e. The van der Waals surface area contributed by atoms with Crippen molar-refractivity contribution in [1.82, 2.24) is 14.1 Å². The van der Waals surface area contributed by atoms with Crippen molar-refractivity contribution in [2.75, 3.05) is 4.72 Å². The third-order valence-electron chi connectivity index (χ3n) is 4.46. The van der Waals surface area contributed by atoms with Crippen LogP contribution in [0.3, 0.4) is 0 Å². The molecule has 0 radical (unpaired) electrons. The molecular weight excluding hydrogens is 498 g/mol. The van der Waals surface area contributed by atoms with E-state index in [1.54, 1.807) is 12.1 Å². The predicted molar refractivity (Wildman–Crippen MR) is 122 cm³/mol. The summed E-state index contributed by atoms with van der Waals surface area (Å²) in [7, 11) is -4.09. The SMILES string of the molecule is O=C(NCc1ccc(F)cc1Cl)c1cc(Cl)ccc1NS(=O)(=O)c1cccc2nsnc12. The van der Waals surface area contributed by atoms with E-state index in [0.717, 1.165) is 17.8 Å². The van der Waals surface area contributed by atoms with Gasteiger partial charge in [0.25, 0.3) is 15.9 Å². The first-order valence-corrected chi connectivity index (χ1v) is 12.0. The molecule has 4 aromatic rings. The zero-order valence-electron chi connectivity index (χ0n) is 16.0. The van der Waals surface area contributed by atoms with Crippen molar-refractivity contribution in [1.29, 1.82) is 0 Å². The van der Waals surface area contributed by atoms with Crippen LogP contribution in [0.15, 0.2) is 59.5 Å². The van der Waals surface area contributed by atoms with E-state index in [9.17, 15) is 17.6 Å². The molecule has 1 heterocycles. The number of carbonyl (C=O) groups is 1. The summed E-state index contributed by atoms with van der Waals surface area (Å²) < 4.78 is 49.8.